The first-order chi connectivity index (χ1) is 13.4. The molecule has 0 aliphatic rings. The van der Waals surface area contributed by atoms with Crippen LogP contribution in [0.2, 0.25) is 0 Å². The lowest BCUT2D eigenvalue weighted by molar-refractivity contribution is 0.0951. The van der Waals surface area contributed by atoms with Crippen molar-refractivity contribution in [3.63, 3.8) is 0 Å². The summed E-state index contributed by atoms with van der Waals surface area (Å²) in [7, 11) is 4.02. The van der Waals surface area contributed by atoms with E-state index >= 15 is 0 Å². The maximum Gasteiger partial charge on any atom is 0.270 e. The third kappa shape index (κ3) is 4.45. The topological polar surface area (TPSA) is 74.6 Å². The number of fused-ring (bicyclic) bond motifs is 1. The van der Waals surface area contributed by atoms with Crippen LogP contribution in [0.4, 0.5) is 11.5 Å². The predicted octanol–water partition coefficient (Wildman–Crippen LogP) is 3.91. The van der Waals surface area contributed by atoms with Crippen molar-refractivity contribution in [1.82, 2.24) is 24.2 Å². The molecule has 2 heterocycles. The van der Waals surface area contributed by atoms with E-state index in [-0.39, 0.29) is 11.8 Å². The van der Waals surface area contributed by atoms with Crippen LogP contribution in [0.5, 0.6) is 0 Å². The minimum Gasteiger partial charge on any atom is -0.351 e. The fraction of sp³-hybridized carbons (Fsp3) is 0.350. The van der Waals surface area contributed by atoms with Gasteiger partial charge in [-0.2, -0.15) is 9.61 Å². The lowest BCUT2D eigenvalue weighted by Crippen LogP contribution is -2.24. The maximum atomic E-state index is 12.4. The molecule has 3 rings (SSSR count). The summed E-state index contributed by atoms with van der Waals surface area (Å²) in [5.41, 5.74) is 2.99. The van der Waals surface area contributed by atoms with E-state index in [1.165, 1.54) is 0 Å². The van der Waals surface area contributed by atoms with Crippen molar-refractivity contribution in [3.05, 3.63) is 47.8 Å². The number of carbonyl (C=O) groups excluding carboxylic acids is 1. The van der Waals surface area contributed by atoms with Crippen LogP contribution in [0.3, 0.4) is 0 Å². The Hall–Kier alpha value is -2.58. The van der Waals surface area contributed by atoms with Crippen molar-refractivity contribution in [1.29, 1.82) is 0 Å². The van der Waals surface area contributed by atoms with Gasteiger partial charge in [0.25, 0.3) is 5.91 Å². The Bertz CT molecular complexity index is 965. The molecule has 3 aromatic rings. The van der Waals surface area contributed by atoms with Crippen molar-refractivity contribution < 1.29 is 4.79 Å². The summed E-state index contributed by atoms with van der Waals surface area (Å²) in [6, 6.07) is 9.86. The number of hydrogen-bond acceptors (Lipinski definition) is 6. The van der Waals surface area contributed by atoms with Gasteiger partial charge in [-0.1, -0.05) is 13.8 Å². The number of rotatable bonds is 7. The molecule has 0 saturated carbocycles. The Kier molecular flexibility index (Phi) is 6.21. The van der Waals surface area contributed by atoms with Crippen molar-refractivity contribution in [2.75, 3.05) is 26.0 Å². The van der Waals surface area contributed by atoms with E-state index in [1.807, 2.05) is 43.7 Å². The number of amides is 1. The quantitative estimate of drug-likeness (QED) is 0.588. The van der Waals surface area contributed by atoms with Gasteiger partial charge in [-0.15, -0.1) is 0 Å². The first-order valence-corrected chi connectivity index (χ1v) is 10.1. The molecule has 0 unspecified atom stereocenters. The number of nitrogens with zero attached hydrogens (tertiary/aromatic N) is 4. The largest absolute Gasteiger partial charge is 0.351 e. The van der Waals surface area contributed by atoms with Gasteiger partial charge in [0.15, 0.2) is 5.65 Å². The van der Waals surface area contributed by atoms with Crippen LogP contribution in [0.1, 0.15) is 42.7 Å². The predicted molar refractivity (Wildman–Crippen MR) is 114 cm³/mol. The molecule has 0 fully saturated rings. The van der Waals surface area contributed by atoms with E-state index in [0.717, 1.165) is 16.1 Å². The van der Waals surface area contributed by atoms with Crippen LogP contribution < -0.4 is 10.6 Å². The molecule has 2 N–H and O–H groups in total. The standard InChI is InChI=1S/C20H26N6OS/c1-6-21-20(27)17-11-18(26-19(24-17)16(12-22-26)13(2)3)23-14-7-9-15(10-8-14)28-25(4)5/h7-13,23H,6H2,1-5H3,(H,21,27). The van der Waals surface area contributed by atoms with Crippen LogP contribution >= 0.6 is 11.9 Å². The van der Waals surface area contributed by atoms with Gasteiger partial charge < -0.3 is 10.6 Å². The van der Waals surface area contributed by atoms with E-state index in [0.29, 0.717) is 23.7 Å². The first kappa shape index (κ1) is 20.2. The van der Waals surface area contributed by atoms with Crippen molar-refractivity contribution in [2.24, 2.45) is 0 Å². The highest BCUT2D eigenvalue weighted by molar-refractivity contribution is 7.97. The number of anilines is 2. The molecule has 0 aliphatic carbocycles. The van der Waals surface area contributed by atoms with Gasteiger partial charge in [0, 0.05) is 28.8 Å². The minimum atomic E-state index is -0.193. The Morgan fingerprint density at radius 3 is 2.57 bits per heavy atom. The van der Waals surface area contributed by atoms with E-state index < -0.39 is 0 Å². The molecular formula is C20H26N6OS. The molecule has 148 valence electrons. The van der Waals surface area contributed by atoms with Gasteiger partial charge in [0.05, 0.1) is 6.20 Å². The van der Waals surface area contributed by atoms with Gasteiger partial charge in [0.2, 0.25) is 0 Å². The third-order valence-corrected chi connectivity index (χ3v) is 4.95. The van der Waals surface area contributed by atoms with Gasteiger partial charge in [-0.25, -0.2) is 4.98 Å². The normalized spacial score (nSPS) is 11.4. The summed E-state index contributed by atoms with van der Waals surface area (Å²) in [5, 5.41) is 10.7. The molecule has 0 atom stereocenters. The van der Waals surface area contributed by atoms with Crippen LogP contribution in [-0.2, 0) is 0 Å². The van der Waals surface area contributed by atoms with E-state index in [1.54, 1.807) is 22.5 Å². The second-order valence-corrected chi connectivity index (χ2v) is 8.31. The summed E-state index contributed by atoms with van der Waals surface area (Å²) < 4.78 is 3.80. The highest BCUT2D eigenvalue weighted by atomic mass is 32.2. The molecule has 0 radical (unpaired) electrons. The van der Waals surface area contributed by atoms with Gasteiger partial charge in [-0.3, -0.25) is 9.10 Å². The molecule has 8 heteroatoms. The Labute approximate surface area is 169 Å². The van der Waals surface area contributed by atoms with E-state index in [2.05, 4.69) is 46.7 Å². The number of aromatic nitrogens is 3. The second kappa shape index (κ2) is 8.62. The maximum absolute atomic E-state index is 12.4. The smallest absolute Gasteiger partial charge is 0.270 e. The van der Waals surface area contributed by atoms with Gasteiger partial charge in [-0.05, 0) is 63.2 Å². The zero-order chi connectivity index (χ0) is 20.3. The number of carbonyl (C=O) groups is 1. The number of benzene rings is 1. The van der Waals surface area contributed by atoms with E-state index in [9.17, 15) is 4.79 Å². The highest BCUT2D eigenvalue weighted by Crippen LogP contribution is 2.26. The van der Waals surface area contributed by atoms with Gasteiger partial charge >= 0.3 is 0 Å². The average Bonchev–Trinajstić information content (AvgIpc) is 3.07. The Balaban J connectivity index is 2.00. The minimum absolute atomic E-state index is 0.193. The van der Waals surface area contributed by atoms with Crippen LogP contribution in [0.25, 0.3) is 5.65 Å². The second-order valence-electron chi connectivity index (χ2n) is 6.93. The molecule has 2 aromatic heterocycles. The summed E-state index contributed by atoms with van der Waals surface area (Å²) in [5.74, 6) is 0.762. The molecule has 1 amide bonds. The number of nitrogens with one attached hydrogen (secondary N) is 2. The molecule has 0 saturated heterocycles. The summed E-state index contributed by atoms with van der Waals surface area (Å²) in [6.45, 7) is 6.62. The SMILES string of the molecule is CCNC(=O)c1cc(Nc2ccc(SN(C)C)cc2)n2ncc(C(C)C)c2n1. The third-order valence-electron chi connectivity index (χ3n) is 4.11. The van der Waals surface area contributed by atoms with Gasteiger partial charge in [0.1, 0.15) is 11.5 Å². The fourth-order valence-corrected chi connectivity index (χ4v) is 3.48. The summed E-state index contributed by atoms with van der Waals surface area (Å²) in [4.78, 5) is 18.1. The Morgan fingerprint density at radius 1 is 1.25 bits per heavy atom. The van der Waals surface area contributed by atoms with Crippen molar-refractivity contribution >= 4 is 35.0 Å². The fourth-order valence-electron chi connectivity index (χ4n) is 2.80. The lowest BCUT2D eigenvalue weighted by atomic mass is 10.1. The Morgan fingerprint density at radius 2 is 1.96 bits per heavy atom. The van der Waals surface area contributed by atoms with E-state index in [4.69, 9.17) is 0 Å². The highest BCUT2D eigenvalue weighted by Gasteiger charge is 2.17. The average molecular weight is 399 g/mol. The van der Waals surface area contributed by atoms with Crippen molar-refractivity contribution in [3.8, 4) is 0 Å². The lowest BCUT2D eigenvalue weighted by Gasteiger charge is -2.13. The monoisotopic (exact) mass is 398 g/mol. The zero-order valence-electron chi connectivity index (χ0n) is 16.9. The first-order valence-electron chi connectivity index (χ1n) is 9.28. The summed E-state index contributed by atoms with van der Waals surface area (Å²) in [6.07, 6.45) is 1.82. The molecule has 0 aliphatic heterocycles. The number of hydrogen-bond donors (Lipinski definition) is 2. The zero-order valence-corrected chi connectivity index (χ0v) is 17.7. The molecule has 28 heavy (non-hydrogen) atoms. The molecular weight excluding hydrogens is 372 g/mol. The molecule has 7 nitrogen and oxygen atoms in total. The summed E-state index contributed by atoms with van der Waals surface area (Å²) >= 11 is 1.66. The van der Waals surface area contributed by atoms with Crippen LogP contribution in [-0.4, -0.2) is 45.5 Å². The molecule has 0 spiro atoms. The molecule has 1 aromatic carbocycles. The van der Waals surface area contributed by atoms with Crippen LogP contribution in [0, 0.1) is 0 Å². The van der Waals surface area contributed by atoms with Crippen LogP contribution in [0.15, 0.2) is 41.4 Å². The molecule has 0 bridgehead atoms. The van der Waals surface area contributed by atoms with Crippen molar-refractivity contribution in [2.45, 2.75) is 31.6 Å².